The van der Waals surface area contributed by atoms with Crippen molar-refractivity contribution in [3.63, 3.8) is 0 Å². The van der Waals surface area contributed by atoms with Crippen molar-refractivity contribution in [2.24, 2.45) is 0 Å². The van der Waals surface area contributed by atoms with Gasteiger partial charge in [0.05, 0.1) is 28.9 Å². The van der Waals surface area contributed by atoms with Crippen LogP contribution < -0.4 is 11.1 Å². The minimum Gasteiger partial charge on any atom is -0.383 e. The van der Waals surface area contributed by atoms with Crippen LogP contribution in [0.25, 0.3) is 27.6 Å². The zero-order valence-electron chi connectivity index (χ0n) is 20.3. The van der Waals surface area contributed by atoms with Crippen molar-refractivity contribution in [2.45, 2.75) is 38.7 Å². The number of hydrogen-bond acceptors (Lipinski definition) is 7. The number of rotatable bonds is 7. The van der Waals surface area contributed by atoms with Crippen molar-refractivity contribution in [1.29, 1.82) is 0 Å². The highest BCUT2D eigenvalue weighted by atomic mass is 16.5. The summed E-state index contributed by atoms with van der Waals surface area (Å²) in [6.07, 6.45) is 11.2. The quantitative estimate of drug-likeness (QED) is 0.338. The van der Waals surface area contributed by atoms with Crippen molar-refractivity contribution in [3.8, 4) is 5.69 Å². The van der Waals surface area contributed by atoms with Gasteiger partial charge in [0.1, 0.15) is 23.6 Å². The van der Waals surface area contributed by atoms with E-state index < -0.39 is 0 Å². The number of fused-ring (bicyclic) bond motifs is 2. The molecular formula is C28H29N7O. The summed E-state index contributed by atoms with van der Waals surface area (Å²) in [5.74, 6) is 1.39. The zero-order valence-corrected chi connectivity index (χ0v) is 20.3. The molecule has 8 heteroatoms. The number of nitrogens with zero attached hydrogens (tertiary/aromatic N) is 5. The summed E-state index contributed by atoms with van der Waals surface area (Å²) in [5, 5.41) is 5.30. The fraction of sp³-hybridized carbons (Fsp3) is 0.286. The van der Waals surface area contributed by atoms with Gasteiger partial charge in [-0.15, -0.1) is 0 Å². The Morgan fingerprint density at radius 3 is 2.83 bits per heavy atom. The standard InChI is InChI=1S/C28H29N7O/c1-2-31-25-10-9-20-8-7-18(13-23(20)34-25)5-6-19-12-21(15-30-14-19)35-16-22(24-4-3-11-36-24)26-27(29)32-17-33-28(26)35/h7-10,12-17,24H,2-6,11H2,1H3,(H,31,34)(H2,29,32,33)/t24-/m1/s1. The molecule has 1 atom stereocenters. The van der Waals surface area contributed by atoms with Gasteiger partial charge in [0.15, 0.2) is 0 Å². The van der Waals surface area contributed by atoms with Crippen LogP contribution in [0.15, 0.2) is 61.3 Å². The first-order valence-corrected chi connectivity index (χ1v) is 12.5. The van der Waals surface area contributed by atoms with Gasteiger partial charge in [-0.25, -0.2) is 15.0 Å². The second kappa shape index (κ2) is 9.54. The highest BCUT2D eigenvalue weighted by Gasteiger charge is 2.25. The molecule has 1 aromatic carbocycles. The lowest BCUT2D eigenvalue weighted by molar-refractivity contribution is 0.113. The van der Waals surface area contributed by atoms with Gasteiger partial charge in [0, 0.05) is 36.5 Å². The van der Waals surface area contributed by atoms with Gasteiger partial charge < -0.3 is 15.8 Å². The second-order valence-corrected chi connectivity index (χ2v) is 9.22. The van der Waals surface area contributed by atoms with Crippen LogP contribution >= 0.6 is 0 Å². The lowest BCUT2D eigenvalue weighted by Gasteiger charge is -2.09. The van der Waals surface area contributed by atoms with Gasteiger partial charge in [0.25, 0.3) is 0 Å². The molecule has 1 saturated heterocycles. The molecule has 1 aliphatic heterocycles. The first-order chi connectivity index (χ1) is 17.7. The maximum absolute atomic E-state index is 6.28. The predicted molar refractivity (Wildman–Crippen MR) is 142 cm³/mol. The summed E-state index contributed by atoms with van der Waals surface area (Å²) < 4.78 is 8.02. The summed E-state index contributed by atoms with van der Waals surface area (Å²) in [7, 11) is 0. The van der Waals surface area contributed by atoms with Crippen LogP contribution in [0.4, 0.5) is 11.6 Å². The van der Waals surface area contributed by atoms with Gasteiger partial charge in [-0.05, 0) is 68.0 Å². The van der Waals surface area contributed by atoms with E-state index in [0.717, 1.165) is 83.4 Å². The smallest absolute Gasteiger partial charge is 0.150 e. The van der Waals surface area contributed by atoms with Crippen LogP contribution in [0.1, 0.15) is 42.6 Å². The molecule has 0 bridgehead atoms. The molecule has 0 amide bonds. The molecule has 6 rings (SSSR count). The average Bonchev–Trinajstić information content (AvgIpc) is 3.57. The van der Waals surface area contributed by atoms with Crippen LogP contribution in [0.3, 0.4) is 0 Å². The lowest BCUT2D eigenvalue weighted by Crippen LogP contribution is -2.00. The summed E-state index contributed by atoms with van der Waals surface area (Å²) >= 11 is 0. The highest BCUT2D eigenvalue weighted by Crippen LogP contribution is 2.37. The average molecular weight is 480 g/mol. The fourth-order valence-corrected chi connectivity index (χ4v) is 5.01. The number of ether oxygens (including phenoxy) is 1. The Balaban J connectivity index is 1.28. The third-order valence-corrected chi connectivity index (χ3v) is 6.79. The number of nitrogens with two attached hydrogens (primary N) is 1. The van der Waals surface area contributed by atoms with Crippen molar-refractivity contribution in [2.75, 3.05) is 24.2 Å². The molecule has 1 aliphatic rings. The summed E-state index contributed by atoms with van der Waals surface area (Å²) in [4.78, 5) is 18.1. The summed E-state index contributed by atoms with van der Waals surface area (Å²) in [5.41, 5.74) is 12.5. The molecule has 0 spiro atoms. The van der Waals surface area contributed by atoms with E-state index >= 15 is 0 Å². The SMILES string of the molecule is CCNc1ccc2ccc(CCc3cncc(-n4cc([C@H]5CCCO5)c5c(N)ncnc54)c3)cc2n1. The molecule has 0 unspecified atom stereocenters. The molecule has 36 heavy (non-hydrogen) atoms. The van der Waals surface area contributed by atoms with Gasteiger partial charge in [-0.2, -0.15) is 0 Å². The molecule has 5 aromatic rings. The van der Waals surface area contributed by atoms with Gasteiger partial charge >= 0.3 is 0 Å². The van der Waals surface area contributed by atoms with Crippen LogP contribution in [0.5, 0.6) is 0 Å². The molecule has 182 valence electrons. The van der Waals surface area contributed by atoms with Gasteiger partial charge in [-0.3, -0.25) is 9.55 Å². The van der Waals surface area contributed by atoms with E-state index in [1.807, 2.05) is 18.5 Å². The topological polar surface area (TPSA) is 104 Å². The van der Waals surface area contributed by atoms with Gasteiger partial charge in [0.2, 0.25) is 0 Å². The fourth-order valence-electron chi connectivity index (χ4n) is 5.01. The Hall–Kier alpha value is -4.04. The molecular weight excluding hydrogens is 450 g/mol. The minimum atomic E-state index is 0.0211. The second-order valence-electron chi connectivity index (χ2n) is 9.22. The number of anilines is 2. The molecule has 0 aliphatic carbocycles. The number of aryl methyl sites for hydroxylation is 2. The van der Waals surface area contributed by atoms with Crippen LogP contribution in [-0.4, -0.2) is 37.7 Å². The molecule has 5 heterocycles. The van der Waals surface area contributed by atoms with E-state index in [1.54, 1.807) is 0 Å². The monoisotopic (exact) mass is 479 g/mol. The van der Waals surface area contributed by atoms with Crippen molar-refractivity contribution >= 4 is 33.6 Å². The Morgan fingerprint density at radius 1 is 1.08 bits per heavy atom. The number of pyridine rings is 2. The predicted octanol–water partition coefficient (Wildman–Crippen LogP) is 5.01. The van der Waals surface area contributed by atoms with E-state index in [2.05, 4.69) is 68.3 Å². The maximum atomic E-state index is 6.28. The first kappa shape index (κ1) is 22.4. The molecule has 8 nitrogen and oxygen atoms in total. The number of nitrogen functional groups attached to an aromatic ring is 1. The number of hydrogen-bond donors (Lipinski definition) is 2. The van der Waals surface area contributed by atoms with Crippen molar-refractivity contribution < 1.29 is 4.74 Å². The minimum absolute atomic E-state index is 0.0211. The Kier molecular flexibility index (Phi) is 5.95. The van der Waals surface area contributed by atoms with Crippen LogP contribution in [-0.2, 0) is 17.6 Å². The Bertz CT molecular complexity index is 1540. The van der Waals surface area contributed by atoms with E-state index in [1.165, 1.54) is 11.9 Å². The molecule has 0 radical (unpaired) electrons. The van der Waals surface area contributed by atoms with Crippen LogP contribution in [0, 0.1) is 0 Å². The first-order valence-electron chi connectivity index (χ1n) is 12.5. The summed E-state index contributed by atoms with van der Waals surface area (Å²) in [6.45, 7) is 3.70. The van der Waals surface area contributed by atoms with E-state index in [9.17, 15) is 0 Å². The largest absolute Gasteiger partial charge is 0.383 e. The third kappa shape index (κ3) is 4.24. The van der Waals surface area contributed by atoms with Crippen molar-refractivity contribution in [1.82, 2.24) is 24.5 Å². The number of aromatic nitrogens is 5. The molecule has 4 aromatic heterocycles. The highest BCUT2D eigenvalue weighted by molar-refractivity contribution is 5.91. The Labute approximate surface area is 209 Å². The molecule has 0 saturated carbocycles. The normalized spacial score (nSPS) is 15.6. The maximum Gasteiger partial charge on any atom is 0.150 e. The number of benzene rings is 1. The van der Waals surface area contributed by atoms with E-state index in [0.29, 0.717) is 5.82 Å². The lowest BCUT2D eigenvalue weighted by atomic mass is 10.0. The van der Waals surface area contributed by atoms with E-state index in [4.69, 9.17) is 15.5 Å². The van der Waals surface area contributed by atoms with Gasteiger partial charge in [-0.1, -0.05) is 12.1 Å². The zero-order chi connectivity index (χ0) is 24.5. The Morgan fingerprint density at radius 2 is 1.97 bits per heavy atom. The third-order valence-electron chi connectivity index (χ3n) is 6.79. The molecule has 1 fully saturated rings. The van der Waals surface area contributed by atoms with Crippen LogP contribution in [0.2, 0.25) is 0 Å². The summed E-state index contributed by atoms with van der Waals surface area (Å²) in [6, 6.07) is 12.8. The number of nitrogens with one attached hydrogen (secondary N) is 1. The van der Waals surface area contributed by atoms with Crippen molar-refractivity contribution in [3.05, 3.63) is 78.0 Å². The van der Waals surface area contributed by atoms with E-state index in [-0.39, 0.29) is 6.10 Å². The molecule has 3 N–H and O–H groups in total.